The lowest BCUT2D eigenvalue weighted by atomic mass is 9.89. The van der Waals surface area contributed by atoms with Crippen molar-refractivity contribution in [2.24, 2.45) is 0 Å². The minimum atomic E-state index is -1.11. The van der Waals surface area contributed by atoms with Crippen LogP contribution in [0.15, 0.2) is 40.6 Å². The molecule has 7 nitrogen and oxygen atoms in total. The lowest BCUT2D eigenvalue weighted by Crippen LogP contribution is -2.41. The Kier molecular flexibility index (Phi) is 3.67. The van der Waals surface area contributed by atoms with Gasteiger partial charge in [-0.25, -0.2) is 9.78 Å². The molecule has 3 amide bonds. The quantitative estimate of drug-likeness (QED) is 0.691. The zero-order chi connectivity index (χ0) is 19.5. The molecular formula is C20H18N4O3S. The molecule has 1 aliphatic heterocycles. The van der Waals surface area contributed by atoms with Gasteiger partial charge in [0, 0.05) is 17.6 Å². The average molecular weight is 394 g/mol. The molecule has 1 atom stereocenters. The second-order valence-electron chi connectivity index (χ2n) is 7.42. The first-order chi connectivity index (χ1) is 13.5. The van der Waals surface area contributed by atoms with Gasteiger partial charge in [0.15, 0.2) is 4.96 Å². The number of nitrogens with one attached hydrogen (secondary N) is 1. The summed E-state index contributed by atoms with van der Waals surface area (Å²) in [7, 11) is 0. The van der Waals surface area contributed by atoms with Crippen molar-refractivity contribution < 1.29 is 9.59 Å². The number of hydrogen-bond donors (Lipinski definition) is 1. The number of amides is 3. The van der Waals surface area contributed by atoms with Crippen molar-refractivity contribution in [2.45, 2.75) is 38.3 Å². The van der Waals surface area contributed by atoms with Gasteiger partial charge in [-0.15, -0.1) is 11.3 Å². The Morgan fingerprint density at radius 3 is 2.86 bits per heavy atom. The SMILES string of the molecule is C[C@@]1(c2ccc3c(c2)CCC3)NC(=O)N(Cc2cc(=O)n3ccsc3n2)C1=O. The van der Waals surface area contributed by atoms with E-state index < -0.39 is 11.6 Å². The van der Waals surface area contributed by atoms with E-state index in [0.29, 0.717) is 10.7 Å². The molecule has 1 aliphatic carbocycles. The Labute approximate surface area is 164 Å². The summed E-state index contributed by atoms with van der Waals surface area (Å²) >= 11 is 1.33. The Balaban J connectivity index is 1.47. The summed E-state index contributed by atoms with van der Waals surface area (Å²) < 4.78 is 1.44. The average Bonchev–Trinajstić information content (AvgIpc) is 3.37. The highest BCUT2D eigenvalue weighted by Gasteiger charge is 2.49. The van der Waals surface area contributed by atoms with Crippen LogP contribution in [0.2, 0.25) is 0 Å². The van der Waals surface area contributed by atoms with Gasteiger partial charge >= 0.3 is 6.03 Å². The van der Waals surface area contributed by atoms with Crippen LogP contribution in [0.1, 0.15) is 35.7 Å². The minimum absolute atomic E-state index is 0.0329. The third-order valence-electron chi connectivity index (χ3n) is 5.63. The molecule has 28 heavy (non-hydrogen) atoms. The van der Waals surface area contributed by atoms with Gasteiger partial charge in [-0.3, -0.25) is 18.9 Å². The van der Waals surface area contributed by atoms with Crippen LogP contribution in [0.4, 0.5) is 4.79 Å². The van der Waals surface area contributed by atoms with Crippen molar-refractivity contribution in [1.29, 1.82) is 0 Å². The summed E-state index contributed by atoms with van der Waals surface area (Å²) in [5, 5.41) is 4.60. The molecule has 1 saturated heterocycles. The van der Waals surface area contributed by atoms with Crippen LogP contribution in [-0.2, 0) is 29.7 Å². The predicted molar refractivity (Wildman–Crippen MR) is 104 cm³/mol. The number of nitrogens with zero attached hydrogens (tertiary/aromatic N) is 3. The summed E-state index contributed by atoms with van der Waals surface area (Å²) in [6.45, 7) is 1.70. The molecular weight excluding hydrogens is 376 g/mol. The molecule has 0 bridgehead atoms. The molecule has 0 spiro atoms. The summed E-state index contributed by atoms with van der Waals surface area (Å²) in [5.41, 5.74) is 2.41. The number of thiazole rings is 1. The monoisotopic (exact) mass is 394 g/mol. The molecule has 1 aromatic carbocycles. The number of carbonyl (C=O) groups excluding carboxylic acids is 2. The van der Waals surface area contributed by atoms with E-state index in [4.69, 9.17) is 0 Å². The second kappa shape index (κ2) is 6.00. The van der Waals surface area contributed by atoms with Crippen LogP contribution < -0.4 is 10.9 Å². The van der Waals surface area contributed by atoms with E-state index in [1.807, 2.05) is 12.1 Å². The number of urea groups is 1. The van der Waals surface area contributed by atoms with Gasteiger partial charge in [0.05, 0.1) is 12.2 Å². The molecule has 0 unspecified atom stereocenters. The zero-order valence-electron chi connectivity index (χ0n) is 15.3. The van der Waals surface area contributed by atoms with Gasteiger partial charge in [-0.05, 0) is 42.9 Å². The summed E-state index contributed by atoms with van der Waals surface area (Å²) in [6, 6.07) is 6.91. The van der Waals surface area contributed by atoms with E-state index >= 15 is 0 Å². The molecule has 8 heteroatoms. The topological polar surface area (TPSA) is 83.8 Å². The first-order valence-electron chi connectivity index (χ1n) is 9.18. The first-order valence-corrected chi connectivity index (χ1v) is 10.1. The van der Waals surface area contributed by atoms with Gasteiger partial charge < -0.3 is 5.32 Å². The Morgan fingerprint density at radius 1 is 1.18 bits per heavy atom. The number of aromatic nitrogens is 2. The van der Waals surface area contributed by atoms with E-state index in [9.17, 15) is 14.4 Å². The van der Waals surface area contributed by atoms with Gasteiger partial charge in [0.1, 0.15) is 5.54 Å². The number of hydrogen-bond acceptors (Lipinski definition) is 5. The van der Waals surface area contributed by atoms with Crippen molar-refractivity contribution >= 4 is 28.2 Å². The minimum Gasteiger partial charge on any atom is -0.319 e. The van der Waals surface area contributed by atoms with Crippen LogP contribution in [0.25, 0.3) is 4.96 Å². The fraction of sp³-hybridized carbons (Fsp3) is 0.300. The normalized spacial score (nSPS) is 21.4. The van der Waals surface area contributed by atoms with Crippen LogP contribution in [0, 0.1) is 0 Å². The molecule has 1 fully saturated rings. The van der Waals surface area contributed by atoms with Gasteiger partial charge in [0.25, 0.3) is 11.5 Å². The standard InChI is InChI=1S/C20H18N4O3S/c1-20(14-6-5-12-3-2-4-13(12)9-14)17(26)24(18(27)22-20)11-15-10-16(25)23-7-8-28-19(23)21-15/h5-10H,2-4,11H2,1H3,(H,22,27)/t20-/m0/s1. The third kappa shape index (κ3) is 2.48. The number of fused-ring (bicyclic) bond motifs is 2. The fourth-order valence-corrected chi connectivity index (χ4v) is 4.79. The maximum atomic E-state index is 13.2. The Morgan fingerprint density at radius 2 is 2.00 bits per heavy atom. The highest BCUT2D eigenvalue weighted by Crippen LogP contribution is 2.33. The fourth-order valence-electron chi connectivity index (χ4n) is 4.05. The summed E-state index contributed by atoms with van der Waals surface area (Å²) in [4.78, 5) is 44.0. The number of carbonyl (C=O) groups is 2. The van der Waals surface area contributed by atoms with Crippen LogP contribution >= 0.6 is 11.3 Å². The van der Waals surface area contributed by atoms with Crippen molar-refractivity contribution in [3.8, 4) is 0 Å². The Bertz CT molecular complexity index is 1200. The van der Waals surface area contributed by atoms with E-state index in [1.165, 1.54) is 32.9 Å². The van der Waals surface area contributed by atoms with Crippen LogP contribution in [-0.4, -0.2) is 26.2 Å². The van der Waals surface area contributed by atoms with E-state index in [0.717, 1.165) is 29.7 Å². The molecule has 5 rings (SSSR count). The maximum Gasteiger partial charge on any atom is 0.325 e. The summed E-state index contributed by atoms with van der Waals surface area (Å²) in [6.07, 6.45) is 4.83. The number of rotatable bonds is 3. The predicted octanol–water partition coefficient (Wildman–Crippen LogP) is 2.21. The largest absolute Gasteiger partial charge is 0.325 e. The lowest BCUT2D eigenvalue weighted by molar-refractivity contribution is -0.131. The second-order valence-corrected chi connectivity index (χ2v) is 8.30. The molecule has 3 heterocycles. The smallest absolute Gasteiger partial charge is 0.319 e. The van der Waals surface area contributed by atoms with Crippen LogP contribution in [0.5, 0.6) is 0 Å². The highest BCUT2D eigenvalue weighted by atomic mass is 32.1. The maximum absolute atomic E-state index is 13.2. The highest BCUT2D eigenvalue weighted by molar-refractivity contribution is 7.15. The molecule has 2 aliphatic rings. The van der Waals surface area contributed by atoms with Crippen LogP contribution in [0.3, 0.4) is 0 Å². The molecule has 2 aromatic heterocycles. The molecule has 0 saturated carbocycles. The van der Waals surface area contributed by atoms with Crippen molar-refractivity contribution in [1.82, 2.24) is 19.6 Å². The number of imide groups is 1. The third-order valence-corrected chi connectivity index (χ3v) is 6.38. The molecule has 142 valence electrons. The molecule has 0 radical (unpaired) electrons. The first kappa shape index (κ1) is 17.1. The molecule has 1 N–H and O–H groups in total. The van der Waals surface area contributed by atoms with E-state index in [-0.39, 0.29) is 18.0 Å². The van der Waals surface area contributed by atoms with Crippen molar-refractivity contribution in [2.75, 3.05) is 0 Å². The van der Waals surface area contributed by atoms with Gasteiger partial charge in [-0.1, -0.05) is 18.2 Å². The van der Waals surface area contributed by atoms with Gasteiger partial charge in [0.2, 0.25) is 0 Å². The van der Waals surface area contributed by atoms with Gasteiger partial charge in [-0.2, -0.15) is 0 Å². The van der Waals surface area contributed by atoms with Crippen molar-refractivity contribution in [3.63, 3.8) is 0 Å². The van der Waals surface area contributed by atoms with Crippen molar-refractivity contribution in [3.05, 3.63) is 68.6 Å². The van der Waals surface area contributed by atoms with E-state index in [2.05, 4.69) is 16.4 Å². The molecule has 3 aromatic rings. The summed E-state index contributed by atoms with van der Waals surface area (Å²) in [5.74, 6) is -0.330. The zero-order valence-corrected chi connectivity index (χ0v) is 16.1. The Hall–Kier alpha value is -3.00. The number of aryl methyl sites for hydroxylation is 2. The lowest BCUT2D eigenvalue weighted by Gasteiger charge is -2.23. The number of benzene rings is 1. The van der Waals surface area contributed by atoms with E-state index in [1.54, 1.807) is 18.5 Å².